The van der Waals surface area contributed by atoms with Crippen LogP contribution in [0.2, 0.25) is 0 Å². The van der Waals surface area contributed by atoms with Gasteiger partial charge in [0.25, 0.3) is 5.91 Å². The summed E-state index contributed by atoms with van der Waals surface area (Å²) in [6.45, 7) is 10.5. The number of nitrogens with one attached hydrogen (secondary N) is 2. The third kappa shape index (κ3) is 6.53. The second kappa shape index (κ2) is 12.2. The molecule has 2 fully saturated rings. The van der Waals surface area contributed by atoms with Crippen molar-refractivity contribution < 1.29 is 32.9 Å². The van der Waals surface area contributed by atoms with Gasteiger partial charge in [0.1, 0.15) is 23.2 Å². The number of aromatic nitrogens is 2. The van der Waals surface area contributed by atoms with Crippen LogP contribution in [0.25, 0.3) is 0 Å². The van der Waals surface area contributed by atoms with E-state index in [0.29, 0.717) is 55.3 Å². The van der Waals surface area contributed by atoms with Crippen molar-refractivity contribution in [2.24, 2.45) is 11.8 Å². The van der Waals surface area contributed by atoms with Crippen molar-refractivity contribution >= 4 is 29.3 Å². The lowest BCUT2D eigenvalue weighted by Crippen LogP contribution is -2.49. The summed E-state index contributed by atoms with van der Waals surface area (Å²) < 4.78 is 32.0. The maximum Gasteiger partial charge on any atom is 0.414 e. The molecule has 234 valence electrons. The SMILES string of the molecule is CCc1nonc1C(=O)NC(C(=O)Nc1cc(F)c2c(c1)N(C(=O)OC(C)(C)C)CC21CCOCC1)C1CCC(C)CC1. The van der Waals surface area contributed by atoms with E-state index in [1.165, 1.54) is 11.0 Å². The van der Waals surface area contributed by atoms with E-state index in [9.17, 15) is 14.4 Å². The van der Waals surface area contributed by atoms with Gasteiger partial charge in [0.05, 0.1) is 5.69 Å². The number of hydrogen-bond acceptors (Lipinski definition) is 8. The number of benzene rings is 1. The standard InChI is InChI=1S/C31H42FN5O6/c1-6-22-26(36-43-35-22)28(39)34-25(19-9-7-18(2)8-10-19)27(38)33-20-15-21(32)24-23(16-20)37(29(40)42-30(3,4)5)17-31(24)11-13-41-14-12-31/h15-16,18-19,25H,6-14,17H2,1-5H3,(H,33,38)(H,34,39). The summed E-state index contributed by atoms with van der Waals surface area (Å²) in [5, 5.41) is 13.2. The van der Waals surface area contributed by atoms with Gasteiger partial charge in [-0.3, -0.25) is 14.5 Å². The number of rotatable bonds is 6. The Morgan fingerprint density at radius 1 is 1.14 bits per heavy atom. The molecule has 3 aliphatic rings. The molecule has 2 N–H and O–H groups in total. The minimum absolute atomic E-state index is 0.0443. The molecule has 3 amide bonds. The molecule has 1 unspecified atom stereocenters. The highest BCUT2D eigenvalue weighted by Gasteiger charge is 2.49. The monoisotopic (exact) mass is 599 g/mol. The highest BCUT2D eigenvalue weighted by atomic mass is 19.1. The molecule has 2 aliphatic heterocycles. The van der Waals surface area contributed by atoms with Gasteiger partial charge in [-0.2, -0.15) is 0 Å². The van der Waals surface area contributed by atoms with E-state index < -0.39 is 40.8 Å². The zero-order chi connectivity index (χ0) is 30.9. The predicted molar refractivity (Wildman–Crippen MR) is 156 cm³/mol. The maximum atomic E-state index is 16.0. The number of carbonyl (C=O) groups is 3. The number of halogens is 1. The van der Waals surface area contributed by atoms with Crippen LogP contribution in [0.1, 0.15) is 94.9 Å². The van der Waals surface area contributed by atoms with Gasteiger partial charge in [0.2, 0.25) is 5.91 Å². The number of anilines is 2. The van der Waals surface area contributed by atoms with Gasteiger partial charge < -0.3 is 20.1 Å². The molecule has 0 radical (unpaired) electrons. The lowest BCUT2D eigenvalue weighted by atomic mass is 9.75. The van der Waals surface area contributed by atoms with E-state index in [0.717, 1.165) is 25.7 Å². The van der Waals surface area contributed by atoms with E-state index in [1.807, 2.05) is 6.92 Å². The van der Waals surface area contributed by atoms with Crippen LogP contribution in [0.4, 0.5) is 20.6 Å². The average Bonchev–Trinajstić information content (AvgIpc) is 3.55. The lowest BCUT2D eigenvalue weighted by molar-refractivity contribution is -0.119. The smallest absolute Gasteiger partial charge is 0.414 e. The van der Waals surface area contributed by atoms with Crippen molar-refractivity contribution in [1.29, 1.82) is 0 Å². The van der Waals surface area contributed by atoms with E-state index in [1.54, 1.807) is 26.8 Å². The Morgan fingerprint density at radius 3 is 2.49 bits per heavy atom. The largest absolute Gasteiger partial charge is 0.443 e. The van der Waals surface area contributed by atoms with Crippen LogP contribution in [0.15, 0.2) is 16.8 Å². The first kappa shape index (κ1) is 30.9. The van der Waals surface area contributed by atoms with E-state index in [4.69, 9.17) is 14.1 Å². The van der Waals surface area contributed by atoms with Crippen molar-refractivity contribution in [2.75, 3.05) is 30.0 Å². The van der Waals surface area contributed by atoms with Crippen LogP contribution < -0.4 is 15.5 Å². The van der Waals surface area contributed by atoms with Gasteiger partial charge in [0.15, 0.2) is 5.69 Å². The molecule has 12 heteroatoms. The number of carbonyl (C=O) groups excluding carboxylic acids is 3. The molecule has 5 rings (SSSR count). The summed E-state index contributed by atoms with van der Waals surface area (Å²) in [6.07, 6.45) is 4.37. The van der Waals surface area contributed by atoms with Crippen LogP contribution >= 0.6 is 0 Å². The number of nitrogens with zero attached hydrogens (tertiary/aromatic N) is 3. The molecular formula is C31H42FN5O6. The van der Waals surface area contributed by atoms with Crippen molar-refractivity contribution in [2.45, 2.75) is 96.6 Å². The van der Waals surface area contributed by atoms with Crippen LogP contribution in [-0.2, 0) is 26.1 Å². The Kier molecular flexibility index (Phi) is 8.78. The van der Waals surface area contributed by atoms with Gasteiger partial charge in [-0.05, 0) is 82.0 Å². The molecule has 11 nitrogen and oxygen atoms in total. The fraction of sp³-hybridized carbons (Fsp3) is 0.645. The summed E-state index contributed by atoms with van der Waals surface area (Å²) >= 11 is 0. The first-order valence-electron chi connectivity index (χ1n) is 15.3. The van der Waals surface area contributed by atoms with Crippen LogP contribution in [-0.4, -0.2) is 59.6 Å². The zero-order valence-corrected chi connectivity index (χ0v) is 25.6. The number of amides is 3. The summed E-state index contributed by atoms with van der Waals surface area (Å²) in [4.78, 5) is 41.8. The van der Waals surface area contributed by atoms with Crippen molar-refractivity contribution in [3.05, 3.63) is 34.9 Å². The van der Waals surface area contributed by atoms with Crippen LogP contribution in [0.3, 0.4) is 0 Å². The maximum absolute atomic E-state index is 16.0. The molecule has 1 aromatic heterocycles. The van der Waals surface area contributed by atoms with Crippen LogP contribution in [0.5, 0.6) is 0 Å². The molecule has 1 aliphatic carbocycles. The van der Waals surface area contributed by atoms with E-state index in [2.05, 4.69) is 27.9 Å². The van der Waals surface area contributed by atoms with Gasteiger partial charge in [-0.25, -0.2) is 13.8 Å². The Bertz CT molecular complexity index is 1360. The second-order valence-corrected chi connectivity index (χ2v) is 13.2. The fourth-order valence-corrected chi connectivity index (χ4v) is 6.58. The van der Waals surface area contributed by atoms with Crippen molar-refractivity contribution in [1.82, 2.24) is 15.6 Å². The zero-order valence-electron chi connectivity index (χ0n) is 25.6. The Balaban J connectivity index is 1.44. The average molecular weight is 600 g/mol. The molecule has 1 saturated heterocycles. The first-order chi connectivity index (χ1) is 20.4. The molecule has 43 heavy (non-hydrogen) atoms. The van der Waals surface area contributed by atoms with Gasteiger partial charge >= 0.3 is 6.09 Å². The molecular weight excluding hydrogens is 557 g/mol. The normalized spacial score (nSPS) is 22.1. The molecule has 1 aromatic carbocycles. The van der Waals surface area contributed by atoms with Crippen LogP contribution in [0, 0.1) is 17.7 Å². The molecule has 1 atom stereocenters. The second-order valence-electron chi connectivity index (χ2n) is 13.2. The topological polar surface area (TPSA) is 136 Å². The Hall–Kier alpha value is -3.54. The number of aryl methyl sites for hydroxylation is 1. The summed E-state index contributed by atoms with van der Waals surface area (Å²) in [7, 11) is 0. The minimum atomic E-state index is -0.887. The van der Waals surface area contributed by atoms with Gasteiger partial charge in [0, 0.05) is 36.4 Å². The predicted octanol–water partition coefficient (Wildman–Crippen LogP) is 5.14. The quantitative estimate of drug-likeness (QED) is 0.466. The van der Waals surface area contributed by atoms with E-state index >= 15 is 4.39 Å². The lowest BCUT2D eigenvalue weighted by Gasteiger charge is -2.34. The minimum Gasteiger partial charge on any atom is -0.443 e. The summed E-state index contributed by atoms with van der Waals surface area (Å²) in [5.41, 5.74) is 0.111. The number of fused-ring (bicyclic) bond motifs is 2. The highest BCUT2D eigenvalue weighted by Crippen LogP contribution is 2.49. The molecule has 2 aromatic rings. The van der Waals surface area contributed by atoms with Gasteiger partial charge in [-0.1, -0.05) is 31.8 Å². The number of ether oxygens (including phenoxy) is 2. The Labute approximate surface area is 251 Å². The van der Waals surface area contributed by atoms with E-state index in [-0.39, 0.29) is 23.8 Å². The first-order valence-corrected chi connectivity index (χ1v) is 15.3. The molecule has 1 spiro atoms. The summed E-state index contributed by atoms with van der Waals surface area (Å²) in [6, 6.07) is 2.04. The fourth-order valence-electron chi connectivity index (χ4n) is 6.58. The molecule has 0 bridgehead atoms. The summed E-state index contributed by atoms with van der Waals surface area (Å²) in [5.74, 6) is -1.11. The molecule has 1 saturated carbocycles. The third-order valence-corrected chi connectivity index (χ3v) is 8.89. The third-order valence-electron chi connectivity index (χ3n) is 8.89. The van der Waals surface area contributed by atoms with Crippen molar-refractivity contribution in [3.8, 4) is 0 Å². The Morgan fingerprint density at radius 2 is 1.84 bits per heavy atom. The van der Waals surface area contributed by atoms with Crippen molar-refractivity contribution in [3.63, 3.8) is 0 Å². The van der Waals surface area contributed by atoms with Gasteiger partial charge in [-0.15, -0.1) is 0 Å². The highest BCUT2D eigenvalue weighted by molar-refractivity contribution is 6.02. The number of hydrogen-bond donors (Lipinski definition) is 2. The molecule has 3 heterocycles.